The van der Waals surface area contributed by atoms with E-state index in [-0.39, 0.29) is 0 Å². The van der Waals surface area contributed by atoms with E-state index in [0.29, 0.717) is 6.61 Å². The molecule has 0 saturated carbocycles. The van der Waals surface area contributed by atoms with Crippen LogP contribution in [0.3, 0.4) is 0 Å². The Bertz CT molecular complexity index is 502. The van der Waals surface area contributed by atoms with Gasteiger partial charge in [0.15, 0.2) is 0 Å². The first-order valence-corrected chi connectivity index (χ1v) is 5.56. The van der Waals surface area contributed by atoms with Crippen molar-refractivity contribution in [1.82, 2.24) is 9.78 Å². The largest absolute Gasteiger partial charge is 0.373 e. The minimum Gasteiger partial charge on any atom is -0.373 e. The predicted octanol–water partition coefficient (Wildman–Crippen LogP) is 2.39. The second-order valence-corrected chi connectivity index (χ2v) is 4.06. The highest BCUT2D eigenvalue weighted by Crippen LogP contribution is 2.26. The predicted molar refractivity (Wildman–Crippen MR) is 62.1 cm³/mol. The molecule has 16 heavy (non-hydrogen) atoms. The second kappa shape index (κ2) is 3.76. The molecule has 1 aromatic carbocycles. The van der Waals surface area contributed by atoms with E-state index in [2.05, 4.69) is 28.8 Å². The lowest BCUT2D eigenvalue weighted by atomic mass is 10.1. The monoisotopic (exact) mass is 214 g/mol. The molecule has 1 aromatic heterocycles. The van der Waals surface area contributed by atoms with Gasteiger partial charge in [-0.3, -0.25) is 4.68 Å². The van der Waals surface area contributed by atoms with E-state index in [4.69, 9.17) is 4.74 Å². The molecule has 82 valence electrons. The van der Waals surface area contributed by atoms with E-state index < -0.39 is 0 Å². The molecule has 0 saturated heterocycles. The Morgan fingerprint density at radius 1 is 1.25 bits per heavy atom. The van der Waals surface area contributed by atoms with Crippen LogP contribution >= 0.6 is 0 Å². The van der Waals surface area contributed by atoms with Crippen molar-refractivity contribution in [3.05, 3.63) is 41.6 Å². The van der Waals surface area contributed by atoms with E-state index in [1.54, 1.807) is 0 Å². The Hall–Kier alpha value is -1.61. The summed E-state index contributed by atoms with van der Waals surface area (Å²) in [5, 5.41) is 4.66. The van der Waals surface area contributed by atoms with Gasteiger partial charge in [-0.15, -0.1) is 0 Å². The Morgan fingerprint density at radius 2 is 2.06 bits per heavy atom. The molecule has 0 aliphatic carbocycles. The average molecular weight is 214 g/mol. The lowest BCUT2D eigenvalue weighted by Crippen LogP contribution is -2.17. The van der Waals surface area contributed by atoms with Gasteiger partial charge in [0.1, 0.15) is 0 Å². The molecular weight excluding hydrogens is 200 g/mol. The number of hydrogen-bond acceptors (Lipinski definition) is 2. The van der Waals surface area contributed by atoms with Gasteiger partial charge < -0.3 is 4.74 Å². The smallest absolute Gasteiger partial charge is 0.0956 e. The van der Waals surface area contributed by atoms with Crippen molar-refractivity contribution >= 4 is 0 Å². The molecule has 1 aliphatic rings. The molecule has 3 nitrogen and oxygen atoms in total. The molecule has 3 heteroatoms. The third-order valence-electron chi connectivity index (χ3n) is 3.05. The maximum Gasteiger partial charge on any atom is 0.0956 e. The first kappa shape index (κ1) is 9.60. The maximum atomic E-state index is 5.47. The summed E-state index contributed by atoms with van der Waals surface area (Å²) in [7, 11) is 0. The van der Waals surface area contributed by atoms with Crippen molar-refractivity contribution in [3.8, 4) is 11.3 Å². The summed E-state index contributed by atoms with van der Waals surface area (Å²) >= 11 is 0. The highest BCUT2D eigenvalue weighted by Gasteiger charge is 2.18. The molecule has 0 spiro atoms. The molecule has 1 aliphatic heterocycles. The van der Waals surface area contributed by atoms with Crippen LogP contribution in [0.1, 0.15) is 11.3 Å². The summed E-state index contributed by atoms with van der Waals surface area (Å²) in [6, 6.07) is 10.3. The molecule has 0 N–H and O–H groups in total. The number of fused-ring (bicyclic) bond motifs is 1. The fourth-order valence-corrected chi connectivity index (χ4v) is 2.14. The Balaban J connectivity index is 2.12. The number of hydrogen-bond donors (Lipinski definition) is 0. The third-order valence-corrected chi connectivity index (χ3v) is 3.05. The molecule has 0 atom stereocenters. The van der Waals surface area contributed by atoms with Crippen LogP contribution in [0.5, 0.6) is 0 Å². The van der Waals surface area contributed by atoms with Gasteiger partial charge in [-0.1, -0.05) is 30.3 Å². The molecule has 0 radical (unpaired) electrons. The quantitative estimate of drug-likeness (QED) is 0.728. The van der Waals surface area contributed by atoms with Crippen LogP contribution in [0.25, 0.3) is 11.3 Å². The molecule has 0 unspecified atom stereocenters. The molecule has 3 rings (SSSR count). The molecule has 0 fully saturated rings. The summed E-state index contributed by atoms with van der Waals surface area (Å²) in [6.07, 6.45) is 0. The SMILES string of the molecule is Cc1c(-c2ccccc2)nn2c1COCC2. The summed E-state index contributed by atoms with van der Waals surface area (Å²) < 4.78 is 7.54. The third kappa shape index (κ3) is 1.44. The van der Waals surface area contributed by atoms with Crippen LogP contribution in [0, 0.1) is 6.92 Å². The zero-order valence-electron chi connectivity index (χ0n) is 9.31. The minimum absolute atomic E-state index is 0.686. The van der Waals surface area contributed by atoms with E-state index in [0.717, 1.165) is 18.8 Å². The van der Waals surface area contributed by atoms with Gasteiger partial charge in [0.2, 0.25) is 0 Å². The molecule has 2 aromatic rings. The van der Waals surface area contributed by atoms with Crippen molar-refractivity contribution in [2.45, 2.75) is 20.1 Å². The normalized spacial score (nSPS) is 14.8. The number of nitrogens with zero attached hydrogens (tertiary/aromatic N) is 2. The summed E-state index contributed by atoms with van der Waals surface area (Å²) in [4.78, 5) is 0. The van der Waals surface area contributed by atoms with Gasteiger partial charge in [-0.05, 0) is 6.92 Å². The summed E-state index contributed by atoms with van der Waals surface area (Å²) in [5.41, 5.74) is 4.72. The van der Waals surface area contributed by atoms with Crippen LogP contribution in [0.15, 0.2) is 30.3 Å². The number of ether oxygens (including phenoxy) is 1. The van der Waals surface area contributed by atoms with Gasteiger partial charge in [-0.2, -0.15) is 5.10 Å². The Labute approximate surface area is 94.7 Å². The van der Waals surface area contributed by atoms with Crippen LogP contribution < -0.4 is 0 Å². The molecule has 2 heterocycles. The topological polar surface area (TPSA) is 27.1 Å². The van der Waals surface area contributed by atoms with Gasteiger partial charge in [0, 0.05) is 11.1 Å². The second-order valence-electron chi connectivity index (χ2n) is 4.06. The Kier molecular flexibility index (Phi) is 2.26. The first-order chi connectivity index (χ1) is 7.86. The first-order valence-electron chi connectivity index (χ1n) is 5.56. The van der Waals surface area contributed by atoms with Gasteiger partial charge >= 0.3 is 0 Å². The molecule has 0 amide bonds. The lowest BCUT2D eigenvalue weighted by molar-refractivity contribution is 0.0796. The standard InChI is InChI=1S/C13H14N2O/c1-10-12-9-16-8-7-15(12)14-13(10)11-5-3-2-4-6-11/h2-6H,7-9H2,1H3. The van der Waals surface area contributed by atoms with E-state index in [1.165, 1.54) is 16.8 Å². The van der Waals surface area contributed by atoms with Gasteiger partial charge in [-0.25, -0.2) is 0 Å². The maximum absolute atomic E-state index is 5.47. The fraction of sp³-hybridized carbons (Fsp3) is 0.308. The lowest BCUT2D eigenvalue weighted by Gasteiger charge is -2.14. The number of rotatable bonds is 1. The van der Waals surface area contributed by atoms with Gasteiger partial charge in [0.05, 0.1) is 31.1 Å². The fourth-order valence-electron chi connectivity index (χ4n) is 2.14. The molecular formula is C13H14N2O. The van der Waals surface area contributed by atoms with Crippen molar-refractivity contribution in [2.24, 2.45) is 0 Å². The van der Waals surface area contributed by atoms with Crippen molar-refractivity contribution < 1.29 is 4.74 Å². The van der Waals surface area contributed by atoms with Crippen molar-refractivity contribution in [3.63, 3.8) is 0 Å². The van der Waals surface area contributed by atoms with E-state index in [9.17, 15) is 0 Å². The number of benzene rings is 1. The van der Waals surface area contributed by atoms with Gasteiger partial charge in [0.25, 0.3) is 0 Å². The molecule has 0 bridgehead atoms. The highest BCUT2D eigenvalue weighted by molar-refractivity contribution is 5.63. The van der Waals surface area contributed by atoms with E-state index in [1.807, 2.05) is 18.2 Å². The zero-order chi connectivity index (χ0) is 11.0. The zero-order valence-corrected chi connectivity index (χ0v) is 9.31. The summed E-state index contributed by atoms with van der Waals surface area (Å²) in [6.45, 7) is 4.44. The Morgan fingerprint density at radius 3 is 2.81 bits per heavy atom. The van der Waals surface area contributed by atoms with E-state index >= 15 is 0 Å². The number of aromatic nitrogens is 2. The van der Waals surface area contributed by atoms with Crippen LogP contribution in [-0.2, 0) is 17.9 Å². The minimum atomic E-state index is 0.686. The van der Waals surface area contributed by atoms with Crippen LogP contribution in [-0.4, -0.2) is 16.4 Å². The average Bonchev–Trinajstić information content (AvgIpc) is 2.69. The highest BCUT2D eigenvalue weighted by atomic mass is 16.5. The van der Waals surface area contributed by atoms with Crippen molar-refractivity contribution in [1.29, 1.82) is 0 Å². The van der Waals surface area contributed by atoms with Crippen molar-refractivity contribution in [2.75, 3.05) is 6.61 Å². The summed E-state index contributed by atoms with van der Waals surface area (Å²) in [5.74, 6) is 0. The van der Waals surface area contributed by atoms with Crippen LogP contribution in [0.4, 0.5) is 0 Å². The van der Waals surface area contributed by atoms with Crippen LogP contribution in [0.2, 0.25) is 0 Å².